The first-order valence-electron chi connectivity index (χ1n) is 5.25. The van der Waals surface area contributed by atoms with E-state index in [0.717, 1.165) is 11.1 Å². The van der Waals surface area contributed by atoms with E-state index in [4.69, 9.17) is 11.6 Å². The van der Waals surface area contributed by atoms with Gasteiger partial charge in [0.25, 0.3) is 5.69 Å². The summed E-state index contributed by atoms with van der Waals surface area (Å²) in [6, 6.07) is 12.7. The van der Waals surface area contributed by atoms with Crippen molar-refractivity contribution < 1.29 is 4.92 Å². The lowest BCUT2D eigenvalue weighted by molar-refractivity contribution is -0.385. The molecule has 5 heteroatoms. The topological polar surface area (TPSA) is 43.1 Å². The van der Waals surface area contributed by atoms with Crippen LogP contribution in [0, 0.1) is 10.1 Å². The fourth-order valence-corrected chi connectivity index (χ4v) is 2.66. The van der Waals surface area contributed by atoms with E-state index in [9.17, 15) is 10.1 Å². The average molecular weight is 327 g/mol. The van der Waals surface area contributed by atoms with Crippen molar-refractivity contribution >= 4 is 33.2 Å². The van der Waals surface area contributed by atoms with Crippen LogP contribution in [0.5, 0.6) is 0 Å². The molecular formula is C13H9BrClNO2. The smallest absolute Gasteiger partial charge is 0.258 e. The highest BCUT2D eigenvalue weighted by Crippen LogP contribution is 2.34. The highest BCUT2D eigenvalue weighted by Gasteiger charge is 2.18. The van der Waals surface area contributed by atoms with E-state index < -0.39 is 4.92 Å². The average Bonchev–Trinajstić information content (AvgIpc) is 2.35. The number of hydrogen-bond acceptors (Lipinski definition) is 2. The second kappa shape index (κ2) is 5.50. The lowest BCUT2D eigenvalue weighted by atomic mass is 10.0. The van der Waals surface area contributed by atoms with Gasteiger partial charge in [-0.2, -0.15) is 0 Å². The van der Waals surface area contributed by atoms with Crippen molar-refractivity contribution in [2.45, 2.75) is 6.42 Å². The molecule has 2 rings (SSSR count). The van der Waals surface area contributed by atoms with Crippen LogP contribution in [0.15, 0.2) is 46.9 Å². The van der Waals surface area contributed by atoms with Crippen molar-refractivity contribution in [1.29, 1.82) is 0 Å². The molecule has 2 aromatic rings. The fraction of sp³-hybridized carbons (Fsp3) is 0.0769. The van der Waals surface area contributed by atoms with E-state index in [0.29, 0.717) is 15.9 Å². The van der Waals surface area contributed by atoms with Gasteiger partial charge in [-0.25, -0.2) is 0 Å². The van der Waals surface area contributed by atoms with Crippen LogP contribution in [0.1, 0.15) is 11.1 Å². The van der Waals surface area contributed by atoms with Crippen LogP contribution in [0.25, 0.3) is 0 Å². The molecular weight excluding hydrogens is 318 g/mol. The first kappa shape index (κ1) is 13.1. The van der Waals surface area contributed by atoms with Gasteiger partial charge in [-0.05, 0) is 33.1 Å². The largest absolute Gasteiger partial charge is 0.283 e. The van der Waals surface area contributed by atoms with Gasteiger partial charge in [0.05, 0.1) is 4.92 Å². The van der Waals surface area contributed by atoms with Crippen molar-refractivity contribution in [1.82, 2.24) is 0 Å². The van der Waals surface area contributed by atoms with Crippen LogP contribution in [0.3, 0.4) is 0 Å². The number of nitrogens with zero attached hydrogens (tertiary/aromatic N) is 1. The zero-order valence-electron chi connectivity index (χ0n) is 9.27. The van der Waals surface area contributed by atoms with Gasteiger partial charge < -0.3 is 0 Å². The standard InChI is InChI=1S/C13H9BrClNO2/c14-13-10(8-9-4-2-1-3-5-9)11(15)6-7-12(13)16(17)18/h1-7H,8H2. The maximum absolute atomic E-state index is 10.9. The monoisotopic (exact) mass is 325 g/mol. The van der Waals surface area contributed by atoms with Crippen LogP contribution in [-0.4, -0.2) is 4.92 Å². The highest BCUT2D eigenvalue weighted by atomic mass is 79.9. The van der Waals surface area contributed by atoms with Gasteiger partial charge in [-0.15, -0.1) is 0 Å². The van der Waals surface area contributed by atoms with Crippen LogP contribution in [0.2, 0.25) is 5.02 Å². The maximum atomic E-state index is 10.9. The van der Waals surface area contributed by atoms with Crippen LogP contribution >= 0.6 is 27.5 Å². The van der Waals surface area contributed by atoms with E-state index in [1.807, 2.05) is 30.3 Å². The number of rotatable bonds is 3. The van der Waals surface area contributed by atoms with Crippen molar-refractivity contribution in [3.05, 3.63) is 73.2 Å². The van der Waals surface area contributed by atoms with E-state index in [-0.39, 0.29) is 5.69 Å². The van der Waals surface area contributed by atoms with Crippen LogP contribution in [0.4, 0.5) is 5.69 Å². The first-order chi connectivity index (χ1) is 8.59. The van der Waals surface area contributed by atoms with Gasteiger partial charge in [0.1, 0.15) is 4.47 Å². The zero-order chi connectivity index (χ0) is 13.1. The third-order valence-electron chi connectivity index (χ3n) is 2.59. The summed E-state index contributed by atoms with van der Waals surface area (Å²) in [5, 5.41) is 11.4. The van der Waals surface area contributed by atoms with Gasteiger partial charge in [0.15, 0.2) is 0 Å². The number of hydrogen-bond donors (Lipinski definition) is 0. The molecule has 0 amide bonds. The Labute approximate surface area is 118 Å². The normalized spacial score (nSPS) is 10.3. The minimum atomic E-state index is -0.422. The van der Waals surface area contributed by atoms with E-state index in [2.05, 4.69) is 15.9 Å². The molecule has 0 radical (unpaired) electrons. The van der Waals surface area contributed by atoms with Crippen LogP contribution < -0.4 is 0 Å². The predicted molar refractivity (Wildman–Crippen MR) is 75.1 cm³/mol. The van der Waals surface area contributed by atoms with Gasteiger partial charge >= 0.3 is 0 Å². The third-order valence-corrected chi connectivity index (χ3v) is 3.83. The van der Waals surface area contributed by atoms with Crippen molar-refractivity contribution in [3.63, 3.8) is 0 Å². The summed E-state index contributed by atoms with van der Waals surface area (Å²) in [5.41, 5.74) is 1.82. The summed E-state index contributed by atoms with van der Waals surface area (Å²) in [4.78, 5) is 10.4. The van der Waals surface area contributed by atoms with Gasteiger partial charge in [0, 0.05) is 17.5 Å². The summed E-state index contributed by atoms with van der Waals surface area (Å²) >= 11 is 9.37. The molecule has 92 valence electrons. The molecule has 0 unspecified atom stereocenters. The van der Waals surface area contributed by atoms with Gasteiger partial charge in [-0.1, -0.05) is 41.9 Å². The maximum Gasteiger partial charge on any atom is 0.283 e. The fourth-order valence-electron chi connectivity index (χ4n) is 1.69. The molecule has 0 aliphatic heterocycles. The molecule has 0 saturated heterocycles. The predicted octanol–water partition coefficient (Wildman–Crippen LogP) is 4.60. The number of nitro groups is 1. The number of nitro benzene ring substituents is 1. The lowest BCUT2D eigenvalue weighted by Gasteiger charge is -2.07. The summed E-state index contributed by atoms with van der Waals surface area (Å²) in [7, 11) is 0. The molecule has 18 heavy (non-hydrogen) atoms. The molecule has 0 atom stereocenters. The van der Waals surface area contributed by atoms with E-state index >= 15 is 0 Å². The zero-order valence-corrected chi connectivity index (χ0v) is 11.6. The molecule has 0 aliphatic rings. The quantitative estimate of drug-likeness (QED) is 0.611. The summed E-state index contributed by atoms with van der Waals surface area (Å²) in [6.07, 6.45) is 0.557. The molecule has 0 aromatic heterocycles. The summed E-state index contributed by atoms with van der Waals surface area (Å²) in [6.45, 7) is 0. The molecule has 0 fully saturated rings. The highest BCUT2D eigenvalue weighted by molar-refractivity contribution is 9.10. The molecule has 0 saturated carbocycles. The third kappa shape index (κ3) is 2.71. The Hall–Kier alpha value is -1.39. The molecule has 0 heterocycles. The molecule has 2 aromatic carbocycles. The first-order valence-corrected chi connectivity index (χ1v) is 6.42. The van der Waals surface area contributed by atoms with Crippen molar-refractivity contribution in [2.75, 3.05) is 0 Å². The lowest BCUT2D eigenvalue weighted by Crippen LogP contribution is -1.96. The molecule has 3 nitrogen and oxygen atoms in total. The number of benzene rings is 2. The Bertz CT molecular complexity index is 587. The van der Waals surface area contributed by atoms with Gasteiger partial charge in [0.2, 0.25) is 0 Å². The minimum absolute atomic E-state index is 0.0327. The van der Waals surface area contributed by atoms with Crippen molar-refractivity contribution in [2.24, 2.45) is 0 Å². The Morgan fingerprint density at radius 3 is 2.44 bits per heavy atom. The molecule has 0 bridgehead atoms. The molecule has 0 N–H and O–H groups in total. The molecule has 0 aliphatic carbocycles. The Balaban J connectivity index is 2.44. The van der Waals surface area contributed by atoms with Crippen molar-refractivity contribution in [3.8, 4) is 0 Å². The summed E-state index contributed by atoms with van der Waals surface area (Å²) in [5.74, 6) is 0. The van der Waals surface area contributed by atoms with E-state index in [1.165, 1.54) is 6.07 Å². The van der Waals surface area contributed by atoms with E-state index in [1.54, 1.807) is 6.07 Å². The molecule has 0 spiro atoms. The second-order valence-electron chi connectivity index (χ2n) is 3.78. The summed E-state index contributed by atoms with van der Waals surface area (Å²) < 4.78 is 0.448. The Morgan fingerprint density at radius 2 is 1.83 bits per heavy atom. The van der Waals surface area contributed by atoms with Gasteiger partial charge in [-0.3, -0.25) is 10.1 Å². The number of halogens is 2. The SMILES string of the molecule is O=[N+]([O-])c1ccc(Cl)c(Cc2ccccc2)c1Br. The Morgan fingerprint density at radius 1 is 1.17 bits per heavy atom. The Kier molecular flexibility index (Phi) is 3.99. The van der Waals surface area contributed by atoms with Crippen LogP contribution in [-0.2, 0) is 6.42 Å². The minimum Gasteiger partial charge on any atom is -0.258 e. The second-order valence-corrected chi connectivity index (χ2v) is 4.98.